The first-order chi connectivity index (χ1) is 10.1. The number of carbonyl (C=O) groups excluding carboxylic acids is 1. The molecule has 3 rings (SSSR count). The van der Waals surface area contributed by atoms with Gasteiger partial charge in [0.05, 0.1) is 22.4 Å². The zero-order chi connectivity index (χ0) is 14.9. The highest BCUT2D eigenvalue weighted by Gasteiger charge is 2.50. The van der Waals surface area contributed by atoms with Gasteiger partial charge in [-0.25, -0.2) is 4.98 Å². The first kappa shape index (κ1) is 13.8. The second kappa shape index (κ2) is 5.33. The van der Waals surface area contributed by atoms with Gasteiger partial charge in [-0.3, -0.25) is 9.59 Å². The number of rotatable bonds is 6. The molecule has 2 aromatic heterocycles. The number of carbonyl (C=O) groups is 2. The third-order valence-corrected chi connectivity index (χ3v) is 4.41. The maximum Gasteiger partial charge on any atom is 0.311 e. The summed E-state index contributed by atoms with van der Waals surface area (Å²) in [5, 5.41) is 13.6. The van der Waals surface area contributed by atoms with E-state index >= 15 is 0 Å². The van der Waals surface area contributed by atoms with Crippen LogP contribution in [0.1, 0.15) is 18.5 Å². The van der Waals surface area contributed by atoms with Gasteiger partial charge in [-0.2, -0.15) is 0 Å². The Morgan fingerprint density at radius 2 is 2.29 bits per heavy atom. The van der Waals surface area contributed by atoms with Gasteiger partial charge in [0.1, 0.15) is 6.26 Å². The van der Waals surface area contributed by atoms with Crippen molar-refractivity contribution in [2.75, 3.05) is 6.54 Å². The van der Waals surface area contributed by atoms with E-state index in [4.69, 9.17) is 9.52 Å². The van der Waals surface area contributed by atoms with Gasteiger partial charge in [0.2, 0.25) is 11.8 Å². The van der Waals surface area contributed by atoms with Gasteiger partial charge in [0, 0.05) is 6.54 Å². The van der Waals surface area contributed by atoms with Crippen LogP contribution in [0.15, 0.2) is 28.2 Å². The molecule has 7 heteroatoms. The summed E-state index contributed by atoms with van der Waals surface area (Å²) in [7, 11) is 0. The number of carboxylic acids is 1. The van der Waals surface area contributed by atoms with Gasteiger partial charge in [-0.05, 0) is 24.3 Å². The van der Waals surface area contributed by atoms with Crippen LogP contribution in [0.2, 0.25) is 0 Å². The van der Waals surface area contributed by atoms with Gasteiger partial charge in [0.15, 0.2) is 0 Å². The maximum atomic E-state index is 11.8. The Morgan fingerprint density at radius 1 is 1.48 bits per heavy atom. The fourth-order valence-corrected chi connectivity index (χ4v) is 2.67. The van der Waals surface area contributed by atoms with E-state index in [-0.39, 0.29) is 18.9 Å². The highest BCUT2D eigenvalue weighted by Crippen LogP contribution is 2.45. The third kappa shape index (κ3) is 2.97. The SMILES string of the molecule is O=C(Cc1coc(-c2cccs2)n1)NCC1(C(=O)O)CC1. The molecule has 21 heavy (non-hydrogen) atoms. The maximum absolute atomic E-state index is 11.8. The van der Waals surface area contributed by atoms with Crippen molar-refractivity contribution in [3.63, 3.8) is 0 Å². The number of amides is 1. The van der Waals surface area contributed by atoms with E-state index in [9.17, 15) is 9.59 Å². The molecule has 0 unspecified atom stereocenters. The molecule has 0 spiro atoms. The minimum Gasteiger partial charge on any atom is -0.481 e. The van der Waals surface area contributed by atoms with Crippen LogP contribution in [-0.2, 0) is 16.0 Å². The Labute approximate surface area is 124 Å². The van der Waals surface area contributed by atoms with E-state index in [1.54, 1.807) is 0 Å². The van der Waals surface area contributed by atoms with E-state index in [0.29, 0.717) is 24.4 Å². The number of aromatic nitrogens is 1. The number of carboxylic acid groups (broad SMARTS) is 1. The summed E-state index contributed by atoms with van der Waals surface area (Å²) in [5.41, 5.74) is -0.210. The van der Waals surface area contributed by atoms with Crippen LogP contribution in [0.25, 0.3) is 10.8 Å². The van der Waals surface area contributed by atoms with Gasteiger partial charge in [-0.1, -0.05) is 6.07 Å². The normalized spacial score (nSPS) is 15.6. The van der Waals surface area contributed by atoms with E-state index in [1.165, 1.54) is 17.6 Å². The van der Waals surface area contributed by atoms with Crippen molar-refractivity contribution in [2.24, 2.45) is 5.41 Å². The Kier molecular flexibility index (Phi) is 3.50. The molecular weight excluding hydrogens is 292 g/mol. The molecule has 0 radical (unpaired) electrons. The number of oxazole rings is 1. The summed E-state index contributed by atoms with van der Waals surface area (Å²) in [4.78, 5) is 28.0. The smallest absolute Gasteiger partial charge is 0.311 e. The van der Waals surface area contributed by atoms with Crippen molar-refractivity contribution in [1.82, 2.24) is 10.3 Å². The molecule has 6 nitrogen and oxygen atoms in total. The van der Waals surface area contributed by atoms with Crippen LogP contribution in [0, 0.1) is 5.41 Å². The summed E-state index contributed by atoms with van der Waals surface area (Å²) >= 11 is 1.51. The van der Waals surface area contributed by atoms with E-state index in [1.807, 2.05) is 17.5 Å². The molecule has 1 aliphatic rings. The van der Waals surface area contributed by atoms with Crippen molar-refractivity contribution < 1.29 is 19.1 Å². The third-order valence-electron chi connectivity index (χ3n) is 3.56. The number of thiophene rings is 1. The minimum absolute atomic E-state index is 0.0879. The molecule has 2 N–H and O–H groups in total. The highest BCUT2D eigenvalue weighted by molar-refractivity contribution is 7.13. The van der Waals surface area contributed by atoms with E-state index < -0.39 is 11.4 Å². The van der Waals surface area contributed by atoms with Crippen molar-refractivity contribution in [2.45, 2.75) is 19.3 Å². The molecule has 1 saturated carbocycles. The molecule has 0 bridgehead atoms. The van der Waals surface area contributed by atoms with Crippen LogP contribution in [0.4, 0.5) is 0 Å². The molecule has 0 aromatic carbocycles. The van der Waals surface area contributed by atoms with Gasteiger partial charge >= 0.3 is 5.97 Å². The number of nitrogens with zero attached hydrogens (tertiary/aromatic N) is 1. The first-order valence-electron chi connectivity index (χ1n) is 6.57. The average molecular weight is 306 g/mol. The molecule has 1 fully saturated rings. The minimum atomic E-state index is -0.843. The predicted molar refractivity (Wildman–Crippen MR) is 75.8 cm³/mol. The van der Waals surface area contributed by atoms with E-state index in [2.05, 4.69) is 10.3 Å². The molecule has 2 aromatic rings. The zero-order valence-corrected chi connectivity index (χ0v) is 12.0. The van der Waals surface area contributed by atoms with Crippen molar-refractivity contribution in [3.8, 4) is 10.8 Å². The second-order valence-corrected chi connectivity index (χ2v) is 6.11. The predicted octanol–water partition coefficient (Wildman–Crippen LogP) is 1.93. The molecule has 2 heterocycles. The fraction of sp³-hybridized carbons (Fsp3) is 0.357. The lowest BCUT2D eigenvalue weighted by atomic mass is 10.1. The largest absolute Gasteiger partial charge is 0.481 e. The summed E-state index contributed by atoms with van der Waals surface area (Å²) < 4.78 is 5.33. The lowest BCUT2D eigenvalue weighted by Crippen LogP contribution is -2.35. The average Bonchev–Trinajstić information content (AvgIpc) is 2.88. The quantitative estimate of drug-likeness (QED) is 0.850. The summed E-state index contributed by atoms with van der Waals surface area (Å²) in [6, 6.07) is 3.79. The molecular formula is C14H14N2O4S. The topological polar surface area (TPSA) is 92.4 Å². The lowest BCUT2D eigenvalue weighted by molar-refractivity contribution is -0.143. The summed E-state index contributed by atoms with van der Waals surface area (Å²) in [6.45, 7) is 0.177. The number of hydrogen-bond donors (Lipinski definition) is 2. The second-order valence-electron chi connectivity index (χ2n) is 5.16. The molecule has 0 saturated heterocycles. The highest BCUT2D eigenvalue weighted by atomic mass is 32.1. The van der Waals surface area contributed by atoms with Crippen LogP contribution in [0.5, 0.6) is 0 Å². The Hall–Kier alpha value is -2.15. The number of nitrogens with one attached hydrogen (secondary N) is 1. The zero-order valence-electron chi connectivity index (χ0n) is 11.2. The van der Waals surface area contributed by atoms with Gasteiger partial charge in [-0.15, -0.1) is 11.3 Å². The summed E-state index contributed by atoms with van der Waals surface area (Å²) in [5.74, 6) is -0.588. The van der Waals surface area contributed by atoms with Gasteiger partial charge < -0.3 is 14.8 Å². The standard InChI is InChI=1S/C14H14N2O4S/c17-11(15-8-14(3-4-14)13(18)19)6-9-7-20-12(16-9)10-2-1-5-21-10/h1-2,5,7H,3-4,6,8H2,(H,15,17)(H,18,19). The van der Waals surface area contributed by atoms with Gasteiger partial charge in [0.25, 0.3) is 0 Å². The Bertz CT molecular complexity index is 658. The lowest BCUT2D eigenvalue weighted by Gasteiger charge is -2.10. The molecule has 0 atom stereocenters. The van der Waals surface area contributed by atoms with Crippen LogP contribution >= 0.6 is 11.3 Å². The number of aliphatic carboxylic acids is 1. The molecule has 1 amide bonds. The summed E-state index contributed by atoms with van der Waals surface area (Å²) in [6.07, 6.45) is 2.79. The Morgan fingerprint density at radius 3 is 2.90 bits per heavy atom. The fourth-order valence-electron chi connectivity index (χ4n) is 2.01. The number of hydrogen-bond acceptors (Lipinski definition) is 5. The Balaban J connectivity index is 1.55. The van der Waals surface area contributed by atoms with E-state index in [0.717, 1.165) is 4.88 Å². The molecule has 110 valence electrons. The molecule has 0 aliphatic heterocycles. The van der Waals surface area contributed by atoms with Crippen molar-refractivity contribution in [3.05, 3.63) is 29.5 Å². The first-order valence-corrected chi connectivity index (χ1v) is 7.45. The van der Waals surface area contributed by atoms with Crippen molar-refractivity contribution >= 4 is 23.2 Å². The van der Waals surface area contributed by atoms with Crippen molar-refractivity contribution in [1.29, 1.82) is 0 Å². The van der Waals surface area contributed by atoms with Crippen LogP contribution < -0.4 is 5.32 Å². The monoisotopic (exact) mass is 306 g/mol. The van der Waals surface area contributed by atoms with Crippen LogP contribution in [0.3, 0.4) is 0 Å². The molecule has 1 aliphatic carbocycles. The van der Waals surface area contributed by atoms with Crippen LogP contribution in [-0.4, -0.2) is 28.5 Å².